The van der Waals surface area contributed by atoms with Crippen LogP contribution in [0.3, 0.4) is 0 Å². The number of nitrogens with zero attached hydrogens (tertiary/aromatic N) is 4. The molecule has 1 aliphatic carbocycles. The Kier molecular flexibility index (Phi) is 15.2. The molecule has 0 unspecified atom stereocenters. The van der Waals surface area contributed by atoms with Gasteiger partial charge in [-0.15, -0.1) is 0 Å². The van der Waals surface area contributed by atoms with Gasteiger partial charge in [-0.1, -0.05) is 270 Å². The Balaban J connectivity index is 0.703. The number of benzene rings is 16. The van der Waals surface area contributed by atoms with Crippen LogP contribution < -0.4 is 19.6 Å². The highest BCUT2D eigenvalue weighted by molar-refractivity contribution is 6.04. The van der Waals surface area contributed by atoms with Crippen molar-refractivity contribution in [1.82, 2.24) is 0 Å². The van der Waals surface area contributed by atoms with Crippen LogP contribution in [-0.2, 0) is 5.41 Å². The van der Waals surface area contributed by atoms with Crippen LogP contribution in [-0.4, -0.2) is 0 Å². The Labute approximate surface area is 579 Å². The van der Waals surface area contributed by atoms with E-state index in [1.54, 1.807) is 0 Å². The Hall–Kier alpha value is -12.8. The van der Waals surface area contributed by atoms with Crippen LogP contribution in [0.2, 0.25) is 0 Å². The minimum atomic E-state index is -0.354. The fourth-order valence-corrected chi connectivity index (χ4v) is 15.1. The van der Waals surface area contributed by atoms with E-state index in [2.05, 4.69) is 398 Å². The molecule has 0 atom stereocenters. The van der Waals surface area contributed by atoms with Crippen molar-refractivity contribution in [3.63, 3.8) is 0 Å². The Morgan fingerprint density at radius 2 is 0.475 bits per heavy atom. The highest BCUT2D eigenvalue weighted by Gasteiger charge is 2.37. The van der Waals surface area contributed by atoms with Gasteiger partial charge < -0.3 is 19.6 Å². The molecule has 470 valence electrons. The minimum Gasteiger partial charge on any atom is -0.310 e. The van der Waals surface area contributed by atoms with Crippen LogP contribution in [0.4, 0.5) is 68.2 Å². The van der Waals surface area contributed by atoms with E-state index in [-0.39, 0.29) is 5.41 Å². The maximum absolute atomic E-state index is 4.10. The third-order valence-corrected chi connectivity index (χ3v) is 20.1. The van der Waals surface area contributed by atoms with Gasteiger partial charge in [0.05, 0.1) is 22.7 Å². The minimum absolute atomic E-state index is 0.354. The van der Waals surface area contributed by atoms with E-state index in [1.807, 2.05) is 12.2 Å². The average molecular weight is 1270 g/mol. The summed E-state index contributed by atoms with van der Waals surface area (Å²) in [6, 6.07) is 129. The number of rotatable bonds is 16. The molecule has 99 heavy (non-hydrogen) atoms. The molecular weight excluding hydrogens is 1200 g/mol. The van der Waals surface area contributed by atoms with Crippen molar-refractivity contribution in [2.75, 3.05) is 19.6 Å². The second kappa shape index (κ2) is 25.1. The van der Waals surface area contributed by atoms with Crippen molar-refractivity contribution in [1.29, 1.82) is 0 Å². The molecule has 0 radical (unpaired) electrons. The lowest BCUT2D eigenvalue weighted by Gasteiger charge is -2.30. The molecule has 0 heterocycles. The van der Waals surface area contributed by atoms with Crippen LogP contribution >= 0.6 is 0 Å². The fourth-order valence-electron chi connectivity index (χ4n) is 15.1. The second-order valence-electron chi connectivity index (χ2n) is 26.2. The summed E-state index contributed by atoms with van der Waals surface area (Å²) in [4.78, 5) is 9.61. The molecule has 0 spiro atoms. The van der Waals surface area contributed by atoms with E-state index in [0.717, 1.165) is 102 Å². The third kappa shape index (κ3) is 10.9. The van der Waals surface area contributed by atoms with Gasteiger partial charge in [0.25, 0.3) is 0 Å². The largest absolute Gasteiger partial charge is 0.310 e. The summed E-state index contributed by atoms with van der Waals surface area (Å²) >= 11 is 0. The lowest BCUT2D eigenvalue weighted by molar-refractivity contribution is 0.660. The van der Waals surface area contributed by atoms with Crippen LogP contribution in [0.15, 0.2) is 365 Å². The van der Waals surface area contributed by atoms with E-state index in [0.29, 0.717) is 0 Å². The standard InChI is InChI=1S/C95H70N4/c1-5-65-21-15-31-79(61-65)96(91-37-17-27-71-23-7-11-33-83(71)91)75-49-41-67(42-50-75)69-45-53-77(54-46-69)98(93-39-19-29-73-25-9-13-35-85(73)93)81-57-59-87-88-60-58-82(64-90(88)95(3,4)89(87)63-81)99(94-40-20-30-74-26-10-14-36-86(74)94)78-55-47-70(48-56-78)68-43-51-76(52-44-68)97(80-32-16-22-66(6-2)62-80)92-38-18-28-72-24-8-12-34-84(72)92/h5-64H,1-2H2,3-4H3. The summed E-state index contributed by atoms with van der Waals surface area (Å²) < 4.78 is 0. The summed E-state index contributed by atoms with van der Waals surface area (Å²) in [5.74, 6) is 0. The van der Waals surface area contributed by atoms with Gasteiger partial charge in [0.15, 0.2) is 0 Å². The number of fused-ring (bicyclic) bond motifs is 7. The maximum atomic E-state index is 4.10. The fraction of sp³-hybridized carbons (Fsp3) is 0.0316. The first-order valence-corrected chi connectivity index (χ1v) is 34.0. The smallest absolute Gasteiger partial charge is 0.0540 e. The molecule has 4 heteroatoms. The SMILES string of the molecule is C=Cc1cccc(N(c2ccc(-c3ccc(N(c4ccc5c(c4)C(C)(C)c4cc(N(c6ccc(-c7ccc(N(c8cccc(C=C)c8)c8cccc9ccccc89)cc7)cc6)c6cccc7ccccc67)ccc4-5)c4cccc5ccccc45)cc3)cc2)c2cccc3ccccc23)c1. The molecule has 16 aromatic carbocycles. The van der Waals surface area contributed by atoms with Gasteiger partial charge in [-0.2, -0.15) is 0 Å². The van der Waals surface area contributed by atoms with Gasteiger partial charge in [0.1, 0.15) is 0 Å². The molecule has 0 bridgehead atoms. The van der Waals surface area contributed by atoms with Gasteiger partial charge in [-0.3, -0.25) is 0 Å². The Morgan fingerprint density at radius 3 is 0.758 bits per heavy atom. The number of anilines is 12. The van der Waals surface area contributed by atoms with Crippen molar-refractivity contribution in [2.45, 2.75) is 19.3 Å². The van der Waals surface area contributed by atoms with E-state index >= 15 is 0 Å². The summed E-state index contributed by atoms with van der Waals surface area (Å²) in [5.41, 5.74) is 24.6. The van der Waals surface area contributed by atoms with Crippen molar-refractivity contribution >= 4 is 123 Å². The molecular formula is C95H70N4. The third-order valence-electron chi connectivity index (χ3n) is 20.1. The first-order chi connectivity index (χ1) is 48.7. The zero-order valence-corrected chi connectivity index (χ0v) is 55.3. The van der Waals surface area contributed by atoms with Crippen molar-refractivity contribution in [3.8, 4) is 33.4 Å². The molecule has 0 amide bonds. The Bertz CT molecular complexity index is 5390. The average Bonchev–Trinajstić information content (AvgIpc) is 1.58. The predicted octanol–water partition coefficient (Wildman–Crippen LogP) is 27.1. The van der Waals surface area contributed by atoms with Crippen LogP contribution in [0.1, 0.15) is 36.1 Å². The quantitative estimate of drug-likeness (QED) is 0.0956. The zero-order chi connectivity index (χ0) is 66.6. The molecule has 0 saturated carbocycles. The number of hydrogen-bond donors (Lipinski definition) is 0. The van der Waals surface area contributed by atoms with E-state index in [9.17, 15) is 0 Å². The summed E-state index contributed by atoms with van der Waals surface area (Å²) in [5, 5.41) is 9.54. The van der Waals surface area contributed by atoms with E-state index < -0.39 is 0 Å². The van der Waals surface area contributed by atoms with Crippen LogP contribution in [0.25, 0.3) is 88.6 Å². The molecule has 1 aliphatic rings. The zero-order valence-electron chi connectivity index (χ0n) is 55.3. The van der Waals surface area contributed by atoms with Gasteiger partial charge in [-0.05, 0) is 199 Å². The number of hydrogen-bond acceptors (Lipinski definition) is 4. The van der Waals surface area contributed by atoms with Crippen molar-refractivity contribution in [2.24, 2.45) is 0 Å². The lowest BCUT2D eigenvalue weighted by Crippen LogP contribution is -2.18. The molecule has 0 saturated heterocycles. The van der Waals surface area contributed by atoms with Gasteiger partial charge >= 0.3 is 0 Å². The molecule has 0 fully saturated rings. The molecule has 0 aromatic heterocycles. The molecule has 0 N–H and O–H groups in total. The van der Waals surface area contributed by atoms with Gasteiger partial charge in [0.2, 0.25) is 0 Å². The molecule has 4 nitrogen and oxygen atoms in total. The summed E-state index contributed by atoms with van der Waals surface area (Å²) in [6.45, 7) is 13.0. The predicted molar refractivity (Wildman–Crippen MR) is 424 cm³/mol. The second-order valence-corrected chi connectivity index (χ2v) is 26.2. The first kappa shape index (κ1) is 59.9. The maximum Gasteiger partial charge on any atom is 0.0540 e. The summed E-state index contributed by atoms with van der Waals surface area (Å²) in [6.07, 6.45) is 3.82. The van der Waals surface area contributed by atoms with Crippen molar-refractivity contribution < 1.29 is 0 Å². The van der Waals surface area contributed by atoms with Crippen molar-refractivity contribution in [3.05, 3.63) is 387 Å². The van der Waals surface area contributed by atoms with Crippen LogP contribution in [0, 0.1) is 0 Å². The molecule has 16 aromatic rings. The monoisotopic (exact) mass is 1270 g/mol. The summed E-state index contributed by atoms with van der Waals surface area (Å²) in [7, 11) is 0. The van der Waals surface area contributed by atoms with E-state index in [1.165, 1.54) is 65.3 Å². The van der Waals surface area contributed by atoms with Gasteiger partial charge in [-0.25, -0.2) is 0 Å². The highest BCUT2D eigenvalue weighted by Crippen LogP contribution is 2.54. The first-order valence-electron chi connectivity index (χ1n) is 34.0. The lowest BCUT2D eigenvalue weighted by atomic mass is 9.82. The van der Waals surface area contributed by atoms with Crippen LogP contribution in [0.5, 0.6) is 0 Å². The topological polar surface area (TPSA) is 13.0 Å². The molecule has 0 aliphatic heterocycles. The van der Waals surface area contributed by atoms with Gasteiger partial charge in [0, 0.05) is 72.5 Å². The Morgan fingerprint density at radius 1 is 0.232 bits per heavy atom. The highest BCUT2D eigenvalue weighted by atomic mass is 15.2. The van der Waals surface area contributed by atoms with E-state index in [4.69, 9.17) is 0 Å². The normalized spacial score (nSPS) is 12.1. The molecule has 17 rings (SSSR count).